The number of rotatable bonds is 4. The quantitative estimate of drug-likeness (QED) is 0.560. The molecule has 0 saturated carbocycles. The van der Waals surface area contributed by atoms with Gasteiger partial charge in [0, 0.05) is 16.8 Å². The summed E-state index contributed by atoms with van der Waals surface area (Å²) in [7, 11) is 0. The molecule has 86 valence electrons. The van der Waals surface area contributed by atoms with Crippen molar-refractivity contribution in [3.63, 3.8) is 0 Å². The van der Waals surface area contributed by atoms with E-state index in [2.05, 4.69) is 0 Å². The largest absolute Gasteiger partial charge is 0.466 e. The molecule has 0 amide bonds. The Morgan fingerprint density at radius 1 is 1.33 bits per heavy atom. The first-order chi connectivity index (χ1) is 7.15. The number of hydrogen-bond acceptors (Lipinski definition) is 5. The van der Waals surface area contributed by atoms with Crippen LogP contribution in [0.5, 0.6) is 0 Å². The highest BCUT2D eigenvalue weighted by Crippen LogP contribution is 2.32. The van der Waals surface area contributed by atoms with Gasteiger partial charge in [0.25, 0.3) is 0 Å². The molecule has 0 spiro atoms. The van der Waals surface area contributed by atoms with Crippen LogP contribution in [0.3, 0.4) is 0 Å². The minimum Gasteiger partial charge on any atom is -0.466 e. The summed E-state index contributed by atoms with van der Waals surface area (Å²) in [6.45, 7) is 4.13. The molecule has 2 atom stereocenters. The van der Waals surface area contributed by atoms with Gasteiger partial charge in [0.1, 0.15) is 6.42 Å². The monoisotopic (exact) mass is 248 g/mol. The van der Waals surface area contributed by atoms with Gasteiger partial charge in [-0.15, -0.1) is 11.8 Å². The Hall–Kier alpha value is -0.160. The zero-order valence-electron chi connectivity index (χ0n) is 9.02. The van der Waals surface area contributed by atoms with E-state index in [1.165, 1.54) is 0 Å². The molecule has 2 unspecified atom stereocenters. The molecule has 0 bridgehead atoms. The maximum atomic E-state index is 11.8. The van der Waals surface area contributed by atoms with E-state index in [0.717, 1.165) is 11.5 Å². The number of esters is 1. The molecule has 3 nitrogen and oxygen atoms in total. The summed E-state index contributed by atoms with van der Waals surface area (Å²) in [6, 6.07) is 0. The van der Waals surface area contributed by atoms with Crippen molar-refractivity contribution in [1.82, 2.24) is 0 Å². The lowest BCUT2D eigenvalue weighted by molar-refractivity contribution is -0.145. The van der Waals surface area contributed by atoms with E-state index >= 15 is 0 Å². The molecule has 1 aliphatic rings. The fourth-order valence-corrected chi connectivity index (χ4v) is 4.18. The molecule has 0 aliphatic carbocycles. The highest BCUT2D eigenvalue weighted by molar-refractivity contribution is 8.07. The normalized spacial score (nSPS) is 26.0. The van der Waals surface area contributed by atoms with Crippen LogP contribution in [-0.2, 0) is 14.3 Å². The lowest BCUT2D eigenvalue weighted by Gasteiger charge is -2.26. The Bertz CT molecular complexity index is 243. The van der Waals surface area contributed by atoms with Crippen LogP contribution in [0.1, 0.15) is 20.3 Å². The van der Waals surface area contributed by atoms with Gasteiger partial charge in [-0.2, -0.15) is 11.8 Å². The second kappa shape index (κ2) is 6.43. The SMILES string of the molecule is CCOC(=O)CC(=O)C1SCCSC1C. The number of carbonyl (C=O) groups excluding carboxylic acids is 2. The van der Waals surface area contributed by atoms with Gasteiger partial charge in [-0.3, -0.25) is 9.59 Å². The van der Waals surface area contributed by atoms with Crippen LogP contribution < -0.4 is 0 Å². The lowest BCUT2D eigenvalue weighted by atomic mass is 10.1. The van der Waals surface area contributed by atoms with E-state index in [0.29, 0.717) is 11.9 Å². The third-order valence-corrected chi connectivity index (χ3v) is 5.27. The molecule has 0 aromatic rings. The topological polar surface area (TPSA) is 43.4 Å². The molecule has 1 aliphatic heterocycles. The van der Waals surface area contributed by atoms with Crippen molar-refractivity contribution in [2.75, 3.05) is 18.1 Å². The summed E-state index contributed by atoms with van der Waals surface area (Å²) in [4.78, 5) is 22.9. The first-order valence-corrected chi connectivity index (χ1v) is 7.16. The molecule has 0 N–H and O–H groups in total. The molecule has 0 aromatic heterocycles. The Labute approximate surface area is 98.7 Å². The lowest BCUT2D eigenvalue weighted by Crippen LogP contribution is -2.32. The predicted molar refractivity (Wildman–Crippen MR) is 64.4 cm³/mol. The van der Waals surface area contributed by atoms with Gasteiger partial charge in [-0.05, 0) is 6.92 Å². The number of ether oxygens (including phenoxy) is 1. The van der Waals surface area contributed by atoms with E-state index in [1.807, 2.05) is 6.92 Å². The molecular weight excluding hydrogens is 232 g/mol. The van der Waals surface area contributed by atoms with E-state index in [-0.39, 0.29) is 17.5 Å². The molecular formula is C10H16O3S2. The summed E-state index contributed by atoms with van der Waals surface area (Å²) in [5.41, 5.74) is 0. The minimum atomic E-state index is -0.397. The second-order valence-corrected chi connectivity index (χ2v) is 6.05. The Balaban J connectivity index is 2.41. The zero-order chi connectivity index (χ0) is 11.3. The average molecular weight is 248 g/mol. The van der Waals surface area contributed by atoms with Crippen LogP contribution in [0.25, 0.3) is 0 Å². The van der Waals surface area contributed by atoms with Crippen molar-refractivity contribution in [3.8, 4) is 0 Å². The molecule has 1 rings (SSSR count). The fourth-order valence-electron chi connectivity index (χ4n) is 1.44. The summed E-state index contributed by atoms with van der Waals surface area (Å²) < 4.78 is 4.76. The van der Waals surface area contributed by atoms with Crippen molar-refractivity contribution in [3.05, 3.63) is 0 Å². The van der Waals surface area contributed by atoms with E-state index < -0.39 is 5.97 Å². The van der Waals surface area contributed by atoms with Crippen molar-refractivity contribution >= 4 is 35.3 Å². The van der Waals surface area contributed by atoms with Crippen LogP contribution in [0.4, 0.5) is 0 Å². The van der Waals surface area contributed by atoms with Crippen LogP contribution in [0, 0.1) is 0 Å². The zero-order valence-corrected chi connectivity index (χ0v) is 10.7. The smallest absolute Gasteiger partial charge is 0.313 e. The standard InChI is InChI=1S/C10H16O3S2/c1-3-13-9(12)6-8(11)10-7(2)14-4-5-15-10/h7,10H,3-6H2,1-2H3. The van der Waals surface area contributed by atoms with E-state index in [1.54, 1.807) is 30.4 Å². The maximum Gasteiger partial charge on any atom is 0.313 e. The molecule has 1 saturated heterocycles. The van der Waals surface area contributed by atoms with Gasteiger partial charge in [0.05, 0.1) is 11.9 Å². The maximum absolute atomic E-state index is 11.8. The third-order valence-electron chi connectivity index (χ3n) is 2.13. The van der Waals surface area contributed by atoms with Gasteiger partial charge < -0.3 is 4.74 Å². The summed E-state index contributed by atoms with van der Waals surface area (Å²) >= 11 is 3.46. The summed E-state index contributed by atoms with van der Waals surface area (Å²) in [6.07, 6.45) is -0.0730. The molecule has 1 fully saturated rings. The van der Waals surface area contributed by atoms with Crippen LogP contribution >= 0.6 is 23.5 Å². The number of ketones is 1. The van der Waals surface area contributed by atoms with Crippen molar-refractivity contribution in [1.29, 1.82) is 0 Å². The molecule has 0 radical (unpaired) electrons. The third kappa shape index (κ3) is 4.07. The fraction of sp³-hybridized carbons (Fsp3) is 0.800. The Kier molecular flexibility index (Phi) is 5.53. The van der Waals surface area contributed by atoms with Gasteiger partial charge in [0.15, 0.2) is 5.78 Å². The number of carbonyl (C=O) groups is 2. The molecule has 1 heterocycles. The first kappa shape index (κ1) is 12.9. The van der Waals surface area contributed by atoms with Crippen molar-refractivity contribution < 1.29 is 14.3 Å². The van der Waals surface area contributed by atoms with Crippen molar-refractivity contribution in [2.24, 2.45) is 0 Å². The predicted octanol–water partition coefficient (Wildman–Crippen LogP) is 1.75. The first-order valence-electron chi connectivity index (χ1n) is 5.06. The van der Waals surface area contributed by atoms with Gasteiger partial charge in [-0.1, -0.05) is 6.92 Å². The van der Waals surface area contributed by atoms with Crippen LogP contribution in [0.2, 0.25) is 0 Å². The summed E-state index contributed by atoms with van der Waals surface area (Å²) in [5.74, 6) is 1.70. The van der Waals surface area contributed by atoms with Crippen LogP contribution in [0.15, 0.2) is 0 Å². The summed E-state index contributed by atoms with van der Waals surface area (Å²) in [5, 5.41) is 0.277. The Morgan fingerprint density at radius 3 is 2.60 bits per heavy atom. The average Bonchev–Trinajstić information content (AvgIpc) is 2.18. The van der Waals surface area contributed by atoms with E-state index in [9.17, 15) is 9.59 Å². The highest BCUT2D eigenvalue weighted by Gasteiger charge is 2.30. The minimum absolute atomic E-state index is 0.0122. The highest BCUT2D eigenvalue weighted by atomic mass is 32.2. The number of hydrogen-bond donors (Lipinski definition) is 0. The van der Waals surface area contributed by atoms with Gasteiger partial charge >= 0.3 is 5.97 Å². The number of thioether (sulfide) groups is 2. The van der Waals surface area contributed by atoms with Gasteiger partial charge in [-0.25, -0.2) is 0 Å². The van der Waals surface area contributed by atoms with Crippen LogP contribution in [-0.4, -0.2) is 40.4 Å². The second-order valence-electron chi connectivity index (χ2n) is 3.32. The molecule has 5 heteroatoms. The molecule has 15 heavy (non-hydrogen) atoms. The van der Waals surface area contributed by atoms with E-state index in [4.69, 9.17) is 4.74 Å². The Morgan fingerprint density at radius 2 is 2.00 bits per heavy atom. The molecule has 0 aromatic carbocycles. The van der Waals surface area contributed by atoms with Gasteiger partial charge in [0.2, 0.25) is 0 Å². The van der Waals surface area contributed by atoms with Crippen molar-refractivity contribution in [2.45, 2.75) is 30.8 Å². The number of Topliss-reactive ketones (excluding diaryl/α,β-unsaturated/α-hetero) is 1.